The standard InChI is InChI=1S/C12H19NO/c1-8(2)7-11(13)10-6-4-5-9(3)12(10)14/h4-6,8,11,14H,7,13H2,1-3H3/t11-/m1/s1. The molecule has 1 rings (SSSR count). The van der Waals surface area contributed by atoms with Gasteiger partial charge in [-0.05, 0) is 24.8 Å². The molecule has 1 atom stereocenters. The van der Waals surface area contributed by atoms with Crippen molar-refractivity contribution in [1.29, 1.82) is 0 Å². The molecule has 2 nitrogen and oxygen atoms in total. The molecule has 2 heteroatoms. The van der Waals surface area contributed by atoms with Gasteiger partial charge >= 0.3 is 0 Å². The summed E-state index contributed by atoms with van der Waals surface area (Å²) in [6.45, 7) is 6.15. The van der Waals surface area contributed by atoms with E-state index in [0.717, 1.165) is 17.5 Å². The Morgan fingerprint density at radius 2 is 2.00 bits per heavy atom. The average Bonchev–Trinajstić information content (AvgIpc) is 2.08. The third-order valence-electron chi connectivity index (χ3n) is 2.39. The van der Waals surface area contributed by atoms with Gasteiger partial charge < -0.3 is 10.8 Å². The molecule has 0 aliphatic heterocycles. The lowest BCUT2D eigenvalue weighted by Crippen LogP contribution is -2.13. The highest BCUT2D eigenvalue weighted by molar-refractivity contribution is 5.41. The maximum Gasteiger partial charge on any atom is 0.123 e. The van der Waals surface area contributed by atoms with Gasteiger partial charge in [0, 0.05) is 11.6 Å². The third kappa shape index (κ3) is 2.48. The van der Waals surface area contributed by atoms with Crippen molar-refractivity contribution in [2.24, 2.45) is 11.7 Å². The van der Waals surface area contributed by atoms with E-state index in [-0.39, 0.29) is 6.04 Å². The third-order valence-corrected chi connectivity index (χ3v) is 2.39. The van der Waals surface area contributed by atoms with Crippen LogP contribution >= 0.6 is 0 Å². The van der Waals surface area contributed by atoms with Crippen LogP contribution in [0.5, 0.6) is 5.75 Å². The van der Waals surface area contributed by atoms with Crippen molar-refractivity contribution in [2.75, 3.05) is 0 Å². The molecule has 1 aromatic carbocycles. The molecular formula is C12H19NO. The fourth-order valence-electron chi connectivity index (χ4n) is 1.62. The van der Waals surface area contributed by atoms with Crippen molar-refractivity contribution < 1.29 is 5.11 Å². The normalized spacial score (nSPS) is 13.2. The molecule has 14 heavy (non-hydrogen) atoms. The number of hydrogen-bond acceptors (Lipinski definition) is 2. The second-order valence-electron chi connectivity index (χ2n) is 4.25. The van der Waals surface area contributed by atoms with Crippen molar-refractivity contribution in [3.63, 3.8) is 0 Å². The van der Waals surface area contributed by atoms with E-state index in [1.54, 1.807) is 0 Å². The zero-order chi connectivity index (χ0) is 10.7. The van der Waals surface area contributed by atoms with E-state index in [9.17, 15) is 5.11 Å². The van der Waals surface area contributed by atoms with Crippen LogP contribution in [0.4, 0.5) is 0 Å². The summed E-state index contributed by atoms with van der Waals surface area (Å²) in [5, 5.41) is 9.80. The van der Waals surface area contributed by atoms with E-state index in [1.807, 2.05) is 25.1 Å². The molecule has 0 saturated carbocycles. The average molecular weight is 193 g/mol. The number of aryl methyl sites for hydroxylation is 1. The lowest BCUT2D eigenvalue weighted by atomic mass is 9.96. The first-order valence-electron chi connectivity index (χ1n) is 5.06. The monoisotopic (exact) mass is 193 g/mol. The van der Waals surface area contributed by atoms with Crippen LogP contribution < -0.4 is 5.73 Å². The molecule has 78 valence electrons. The predicted molar refractivity (Wildman–Crippen MR) is 59.2 cm³/mol. The summed E-state index contributed by atoms with van der Waals surface area (Å²) in [6.07, 6.45) is 0.900. The fraction of sp³-hybridized carbons (Fsp3) is 0.500. The fourth-order valence-corrected chi connectivity index (χ4v) is 1.62. The Balaban J connectivity index is 2.89. The van der Waals surface area contributed by atoms with Crippen molar-refractivity contribution in [3.05, 3.63) is 29.3 Å². The SMILES string of the molecule is Cc1cccc([C@H](N)CC(C)C)c1O. The van der Waals surface area contributed by atoms with E-state index in [1.165, 1.54) is 0 Å². The molecule has 0 heterocycles. The largest absolute Gasteiger partial charge is 0.507 e. The Morgan fingerprint density at radius 3 is 2.57 bits per heavy atom. The van der Waals surface area contributed by atoms with Crippen molar-refractivity contribution in [3.8, 4) is 5.75 Å². The Morgan fingerprint density at radius 1 is 1.36 bits per heavy atom. The number of hydrogen-bond donors (Lipinski definition) is 2. The highest BCUT2D eigenvalue weighted by Crippen LogP contribution is 2.29. The van der Waals surface area contributed by atoms with Crippen LogP contribution in [-0.4, -0.2) is 5.11 Å². The number of rotatable bonds is 3. The molecule has 1 aromatic rings. The summed E-state index contributed by atoms with van der Waals surface area (Å²) in [4.78, 5) is 0. The van der Waals surface area contributed by atoms with Gasteiger partial charge in [0.1, 0.15) is 5.75 Å². The van der Waals surface area contributed by atoms with Crippen molar-refractivity contribution >= 4 is 0 Å². The molecule has 0 aliphatic carbocycles. The molecule has 0 unspecified atom stereocenters. The molecule has 0 fully saturated rings. The smallest absolute Gasteiger partial charge is 0.123 e. The van der Waals surface area contributed by atoms with Gasteiger partial charge in [-0.2, -0.15) is 0 Å². The van der Waals surface area contributed by atoms with Gasteiger partial charge in [0.15, 0.2) is 0 Å². The van der Waals surface area contributed by atoms with Crippen LogP contribution in [0.15, 0.2) is 18.2 Å². The first kappa shape index (κ1) is 11.1. The quantitative estimate of drug-likeness (QED) is 0.775. The van der Waals surface area contributed by atoms with Gasteiger partial charge in [-0.25, -0.2) is 0 Å². The number of phenolic OH excluding ortho intramolecular Hbond substituents is 1. The van der Waals surface area contributed by atoms with Crippen molar-refractivity contribution in [1.82, 2.24) is 0 Å². The van der Waals surface area contributed by atoms with Gasteiger partial charge in [-0.15, -0.1) is 0 Å². The molecule has 0 amide bonds. The Labute approximate surface area is 85.8 Å². The summed E-state index contributed by atoms with van der Waals surface area (Å²) < 4.78 is 0. The van der Waals surface area contributed by atoms with Crippen molar-refractivity contribution in [2.45, 2.75) is 33.2 Å². The maximum atomic E-state index is 9.80. The van der Waals surface area contributed by atoms with E-state index in [2.05, 4.69) is 13.8 Å². The Hall–Kier alpha value is -1.02. The molecular weight excluding hydrogens is 174 g/mol. The zero-order valence-electron chi connectivity index (χ0n) is 9.12. The van der Waals surface area contributed by atoms with E-state index in [0.29, 0.717) is 11.7 Å². The summed E-state index contributed by atoms with van der Waals surface area (Å²) in [5.41, 5.74) is 7.76. The van der Waals surface area contributed by atoms with Crippen LogP contribution in [0.3, 0.4) is 0 Å². The van der Waals surface area contributed by atoms with Crippen LogP contribution in [0.25, 0.3) is 0 Å². The number of benzene rings is 1. The number of aromatic hydroxyl groups is 1. The van der Waals surface area contributed by atoms with Gasteiger partial charge in [0.05, 0.1) is 0 Å². The van der Waals surface area contributed by atoms with Gasteiger partial charge in [0.2, 0.25) is 0 Å². The van der Waals surface area contributed by atoms with E-state index < -0.39 is 0 Å². The lowest BCUT2D eigenvalue weighted by molar-refractivity contribution is 0.442. The second kappa shape index (κ2) is 4.47. The summed E-state index contributed by atoms with van der Waals surface area (Å²) in [6, 6.07) is 5.66. The van der Waals surface area contributed by atoms with Crippen LogP contribution in [0.1, 0.15) is 37.4 Å². The van der Waals surface area contributed by atoms with Gasteiger partial charge in [-0.3, -0.25) is 0 Å². The van der Waals surface area contributed by atoms with Crippen LogP contribution in [-0.2, 0) is 0 Å². The topological polar surface area (TPSA) is 46.2 Å². The minimum absolute atomic E-state index is 0.0603. The Bertz CT molecular complexity index is 307. The molecule has 0 radical (unpaired) electrons. The maximum absolute atomic E-state index is 9.80. The van der Waals surface area contributed by atoms with Gasteiger partial charge in [0.25, 0.3) is 0 Å². The minimum Gasteiger partial charge on any atom is -0.507 e. The number of phenols is 1. The summed E-state index contributed by atoms with van der Waals surface area (Å²) in [7, 11) is 0. The highest BCUT2D eigenvalue weighted by Gasteiger charge is 2.13. The molecule has 3 N–H and O–H groups in total. The Kier molecular flexibility index (Phi) is 3.53. The summed E-state index contributed by atoms with van der Waals surface area (Å²) >= 11 is 0. The number of para-hydroxylation sites is 1. The molecule has 0 aliphatic rings. The molecule has 0 spiro atoms. The first-order valence-corrected chi connectivity index (χ1v) is 5.06. The number of nitrogens with two attached hydrogens (primary N) is 1. The van der Waals surface area contributed by atoms with Crippen LogP contribution in [0.2, 0.25) is 0 Å². The van der Waals surface area contributed by atoms with E-state index >= 15 is 0 Å². The minimum atomic E-state index is -0.0603. The zero-order valence-corrected chi connectivity index (χ0v) is 9.12. The van der Waals surface area contributed by atoms with E-state index in [4.69, 9.17) is 5.73 Å². The second-order valence-corrected chi connectivity index (χ2v) is 4.25. The van der Waals surface area contributed by atoms with Gasteiger partial charge in [-0.1, -0.05) is 32.0 Å². The highest BCUT2D eigenvalue weighted by atomic mass is 16.3. The lowest BCUT2D eigenvalue weighted by Gasteiger charge is -2.16. The molecule has 0 aromatic heterocycles. The molecule has 0 bridgehead atoms. The predicted octanol–water partition coefficient (Wildman–Crippen LogP) is 2.75. The summed E-state index contributed by atoms with van der Waals surface area (Å²) in [5.74, 6) is 0.894. The molecule has 0 saturated heterocycles. The first-order chi connectivity index (χ1) is 6.52. The van der Waals surface area contributed by atoms with Crippen LogP contribution in [0, 0.1) is 12.8 Å².